The Morgan fingerprint density at radius 3 is 2.37 bits per heavy atom. The molecule has 2 amide bonds. The van der Waals surface area contributed by atoms with Crippen LogP contribution in [0, 0.1) is 6.92 Å². The van der Waals surface area contributed by atoms with Crippen LogP contribution in [0.3, 0.4) is 0 Å². The normalized spacial score (nSPS) is 11.7. The van der Waals surface area contributed by atoms with Gasteiger partial charge in [-0.25, -0.2) is 0 Å². The van der Waals surface area contributed by atoms with Gasteiger partial charge < -0.3 is 10.2 Å². The van der Waals surface area contributed by atoms with Crippen molar-refractivity contribution in [2.24, 2.45) is 0 Å². The summed E-state index contributed by atoms with van der Waals surface area (Å²) < 4.78 is 0. The molecule has 35 heavy (non-hydrogen) atoms. The molecule has 0 spiro atoms. The molecule has 4 nitrogen and oxygen atoms in total. The van der Waals surface area contributed by atoms with Crippen LogP contribution < -0.4 is 5.32 Å². The van der Waals surface area contributed by atoms with Crippen molar-refractivity contribution in [2.75, 3.05) is 6.54 Å². The van der Waals surface area contributed by atoms with Crippen LogP contribution >= 0.6 is 23.2 Å². The minimum absolute atomic E-state index is 0.0787. The smallest absolute Gasteiger partial charge is 0.243 e. The van der Waals surface area contributed by atoms with Crippen LogP contribution in [0.1, 0.15) is 42.0 Å². The number of amides is 2. The number of hydrogen-bond acceptors (Lipinski definition) is 2. The van der Waals surface area contributed by atoms with Gasteiger partial charge in [-0.1, -0.05) is 103 Å². The second-order valence-corrected chi connectivity index (χ2v) is 9.62. The monoisotopic (exact) mass is 510 g/mol. The molecule has 184 valence electrons. The van der Waals surface area contributed by atoms with Gasteiger partial charge in [0, 0.05) is 29.6 Å². The maximum absolute atomic E-state index is 13.8. The lowest BCUT2D eigenvalue weighted by Crippen LogP contribution is -2.51. The van der Waals surface area contributed by atoms with E-state index in [0.29, 0.717) is 35.1 Å². The molecule has 0 saturated carbocycles. The summed E-state index contributed by atoms with van der Waals surface area (Å²) in [6.45, 7) is 5.00. The molecule has 0 radical (unpaired) electrons. The minimum Gasteiger partial charge on any atom is -0.354 e. The highest BCUT2D eigenvalue weighted by molar-refractivity contribution is 6.35. The Kier molecular flexibility index (Phi) is 10.2. The van der Waals surface area contributed by atoms with E-state index < -0.39 is 6.04 Å². The molecule has 0 aliphatic rings. The van der Waals surface area contributed by atoms with Gasteiger partial charge in [0.2, 0.25) is 11.8 Å². The summed E-state index contributed by atoms with van der Waals surface area (Å²) in [5, 5.41) is 4.00. The molecule has 3 rings (SSSR count). The Hall–Kier alpha value is -2.82. The summed E-state index contributed by atoms with van der Waals surface area (Å²) in [5.74, 6) is -0.312. The lowest BCUT2D eigenvalue weighted by Gasteiger charge is -2.32. The molecule has 0 aliphatic heterocycles. The Morgan fingerprint density at radius 1 is 0.943 bits per heavy atom. The van der Waals surface area contributed by atoms with E-state index in [-0.39, 0.29) is 18.2 Å². The number of aryl methyl sites for hydroxylation is 1. The number of benzene rings is 3. The first-order valence-corrected chi connectivity index (χ1v) is 12.7. The fourth-order valence-corrected chi connectivity index (χ4v) is 4.47. The van der Waals surface area contributed by atoms with Crippen molar-refractivity contribution in [2.45, 2.75) is 52.1 Å². The first-order valence-electron chi connectivity index (χ1n) is 12.0. The van der Waals surface area contributed by atoms with Crippen molar-refractivity contribution in [3.8, 4) is 0 Å². The van der Waals surface area contributed by atoms with Crippen molar-refractivity contribution in [3.05, 3.63) is 105 Å². The number of carbonyl (C=O) groups excluding carboxylic acids is 2. The topological polar surface area (TPSA) is 49.4 Å². The van der Waals surface area contributed by atoms with Crippen molar-refractivity contribution in [1.29, 1.82) is 0 Å². The average Bonchev–Trinajstić information content (AvgIpc) is 2.84. The van der Waals surface area contributed by atoms with E-state index in [2.05, 4.69) is 12.2 Å². The fraction of sp³-hybridized carbons (Fsp3) is 0.310. The maximum Gasteiger partial charge on any atom is 0.243 e. The summed E-state index contributed by atoms with van der Waals surface area (Å²) in [7, 11) is 0. The summed E-state index contributed by atoms with van der Waals surface area (Å²) in [4.78, 5) is 28.9. The Morgan fingerprint density at radius 2 is 1.69 bits per heavy atom. The number of hydrogen-bond donors (Lipinski definition) is 1. The zero-order valence-electron chi connectivity index (χ0n) is 20.3. The van der Waals surface area contributed by atoms with E-state index in [1.807, 2.05) is 61.5 Å². The third-order valence-corrected chi connectivity index (χ3v) is 6.48. The Balaban J connectivity index is 1.96. The van der Waals surface area contributed by atoms with Crippen molar-refractivity contribution >= 4 is 35.0 Å². The third-order valence-electron chi connectivity index (χ3n) is 5.89. The summed E-state index contributed by atoms with van der Waals surface area (Å²) >= 11 is 12.4. The Labute approximate surface area is 218 Å². The highest BCUT2D eigenvalue weighted by Gasteiger charge is 2.30. The first kappa shape index (κ1) is 26.8. The number of unbranched alkanes of at least 4 members (excludes halogenated alkanes) is 1. The van der Waals surface area contributed by atoms with Crippen LogP contribution in [0.5, 0.6) is 0 Å². The molecular formula is C29H32Cl2N2O2. The van der Waals surface area contributed by atoms with Gasteiger partial charge >= 0.3 is 0 Å². The van der Waals surface area contributed by atoms with Gasteiger partial charge in [-0.2, -0.15) is 0 Å². The standard InChI is InChI=1S/C29H32Cl2N2O2/c1-3-4-15-32-29(35)27(17-22-10-6-5-7-11-22)33(20-23-12-8-9-21(2)16-23)28(34)18-24-13-14-25(30)19-26(24)31/h5-14,16,19,27H,3-4,15,17-18,20H2,1-2H3,(H,32,35). The van der Waals surface area contributed by atoms with Gasteiger partial charge in [0.25, 0.3) is 0 Å². The van der Waals surface area contributed by atoms with Crippen LogP contribution in [-0.4, -0.2) is 29.3 Å². The molecule has 1 unspecified atom stereocenters. The van der Waals surface area contributed by atoms with Crippen molar-refractivity contribution < 1.29 is 9.59 Å². The molecule has 1 N–H and O–H groups in total. The minimum atomic E-state index is -0.659. The van der Waals surface area contributed by atoms with Crippen molar-refractivity contribution in [1.82, 2.24) is 10.2 Å². The summed E-state index contributed by atoms with van der Waals surface area (Å²) in [5.41, 5.74) is 3.75. The largest absolute Gasteiger partial charge is 0.354 e. The predicted molar refractivity (Wildman–Crippen MR) is 144 cm³/mol. The number of rotatable bonds is 11. The van der Waals surface area contributed by atoms with Gasteiger partial charge in [-0.3, -0.25) is 9.59 Å². The molecule has 3 aromatic carbocycles. The SMILES string of the molecule is CCCCNC(=O)C(Cc1ccccc1)N(Cc1cccc(C)c1)C(=O)Cc1ccc(Cl)cc1Cl. The number of nitrogens with one attached hydrogen (secondary N) is 1. The number of carbonyl (C=O) groups is 2. The van der Waals surface area contributed by atoms with E-state index >= 15 is 0 Å². The molecule has 0 fully saturated rings. The lowest BCUT2D eigenvalue weighted by molar-refractivity contribution is -0.140. The molecule has 3 aromatic rings. The van der Waals surface area contributed by atoms with Gasteiger partial charge in [0.1, 0.15) is 6.04 Å². The second-order valence-electron chi connectivity index (χ2n) is 8.77. The van der Waals surface area contributed by atoms with Crippen molar-refractivity contribution in [3.63, 3.8) is 0 Å². The molecule has 0 aliphatic carbocycles. The molecule has 0 aromatic heterocycles. The van der Waals surface area contributed by atoms with Crippen LogP contribution in [-0.2, 0) is 29.0 Å². The average molecular weight is 511 g/mol. The van der Waals surface area contributed by atoms with E-state index in [1.165, 1.54) is 0 Å². The maximum atomic E-state index is 13.8. The molecule has 0 saturated heterocycles. The van der Waals surface area contributed by atoms with Gasteiger partial charge in [0.15, 0.2) is 0 Å². The van der Waals surface area contributed by atoms with E-state index in [1.54, 1.807) is 23.1 Å². The third kappa shape index (κ3) is 8.12. The quantitative estimate of drug-likeness (QED) is 0.303. The van der Waals surface area contributed by atoms with E-state index in [0.717, 1.165) is 29.5 Å². The van der Waals surface area contributed by atoms with Crippen LogP contribution in [0.4, 0.5) is 0 Å². The number of nitrogens with zero attached hydrogens (tertiary/aromatic N) is 1. The van der Waals surface area contributed by atoms with Crippen LogP contribution in [0.15, 0.2) is 72.8 Å². The van der Waals surface area contributed by atoms with E-state index in [4.69, 9.17) is 23.2 Å². The van der Waals surface area contributed by atoms with Gasteiger partial charge in [-0.05, 0) is 42.2 Å². The molecule has 6 heteroatoms. The first-order chi connectivity index (χ1) is 16.9. The summed E-state index contributed by atoms with van der Waals surface area (Å²) in [6, 6.07) is 22.3. The zero-order valence-corrected chi connectivity index (χ0v) is 21.8. The fourth-order valence-electron chi connectivity index (χ4n) is 4.00. The molecule has 1 atom stereocenters. The van der Waals surface area contributed by atoms with Crippen LogP contribution in [0.2, 0.25) is 10.0 Å². The van der Waals surface area contributed by atoms with Gasteiger partial charge in [0.05, 0.1) is 6.42 Å². The van der Waals surface area contributed by atoms with Crippen LogP contribution in [0.25, 0.3) is 0 Å². The highest BCUT2D eigenvalue weighted by Crippen LogP contribution is 2.23. The molecule has 0 heterocycles. The lowest BCUT2D eigenvalue weighted by atomic mass is 10.0. The van der Waals surface area contributed by atoms with E-state index in [9.17, 15) is 9.59 Å². The molecular weight excluding hydrogens is 479 g/mol. The Bertz CT molecular complexity index is 1130. The highest BCUT2D eigenvalue weighted by atomic mass is 35.5. The number of halogens is 2. The van der Waals surface area contributed by atoms with Gasteiger partial charge in [-0.15, -0.1) is 0 Å². The zero-order chi connectivity index (χ0) is 25.2. The predicted octanol–water partition coefficient (Wildman–Crippen LogP) is 6.40. The molecule has 0 bridgehead atoms. The summed E-state index contributed by atoms with van der Waals surface area (Å²) in [6.07, 6.45) is 2.36. The second kappa shape index (κ2) is 13.3.